The molecule has 0 aliphatic carbocycles. The van der Waals surface area contributed by atoms with Gasteiger partial charge < -0.3 is 23.4 Å². The molecule has 33 heavy (non-hydrogen) atoms. The van der Waals surface area contributed by atoms with Gasteiger partial charge in [-0.3, -0.25) is 14.4 Å². The fourth-order valence-corrected chi connectivity index (χ4v) is 4.00. The van der Waals surface area contributed by atoms with E-state index in [4.69, 9.17) is 23.4 Å². The van der Waals surface area contributed by atoms with Gasteiger partial charge >= 0.3 is 23.5 Å². The number of halogens is 1. The summed E-state index contributed by atoms with van der Waals surface area (Å²) in [6, 6.07) is 6.47. The topological polar surface area (TPSA) is 118 Å². The van der Waals surface area contributed by atoms with Gasteiger partial charge in [-0.1, -0.05) is 6.07 Å². The molecule has 0 spiro atoms. The van der Waals surface area contributed by atoms with Crippen LogP contribution in [0.15, 0.2) is 33.5 Å². The van der Waals surface area contributed by atoms with E-state index >= 15 is 0 Å². The molecule has 3 rings (SSSR count). The Bertz CT molecular complexity index is 1110. The van der Waals surface area contributed by atoms with Crippen molar-refractivity contribution in [3.63, 3.8) is 0 Å². The highest BCUT2D eigenvalue weighted by atomic mass is 19.1. The van der Waals surface area contributed by atoms with Crippen LogP contribution in [0.2, 0.25) is 0 Å². The van der Waals surface area contributed by atoms with Gasteiger partial charge in [0.1, 0.15) is 24.5 Å². The fourth-order valence-electron chi connectivity index (χ4n) is 4.00. The number of benzene rings is 1. The fraction of sp³-hybridized carbons (Fsp3) is 0.478. The normalized spacial score (nSPS) is 24.8. The molecule has 0 saturated carbocycles. The number of hydrogen-bond acceptors (Lipinski definition) is 9. The zero-order valence-corrected chi connectivity index (χ0v) is 18.7. The third kappa shape index (κ3) is 5.75. The summed E-state index contributed by atoms with van der Waals surface area (Å²) in [4.78, 5) is 46.8. The molecule has 0 amide bonds. The van der Waals surface area contributed by atoms with Crippen molar-refractivity contribution < 1.29 is 42.1 Å². The maximum Gasteiger partial charge on any atom is 0.336 e. The predicted molar refractivity (Wildman–Crippen MR) is 112 cm³/mol. The Labute approximate surface area is 188 Å². The van der Waals surface area contributed by atoms with Gasteiger partial charge in [0.05, 0.1) is 0 Å². The van der Waals surface area contributed by atoms with E-state index in [0.29, 0.717) is 22.1 Å². The molecule has 9 nitrogen and oxygen atoms in total. The van der Waals surface area contributed by atoms with Crippen LogP contribution in [0, 0.1) is 6.92 Å². The van der Waals surface area contributed by atoms with Crippen molar-refractivity contribution in [2.45, 2.75) is 64.6 Å². The average Bonchev–Trinajstić information content (AvgIpc) is 2.71. The third-order valence-corrected chi connectivity index (χ3v) is 5.24. The molecular formula is C23H25FO9. The lowest BCUT2D eigenvalue weighted by atomic mass is 9.90. The summed E-state index contributed by atoms with van der Waals surface area (Å²) in [5.41, 5.74) is 1.36. The second-order valence-corrected chi connectivity index (χ2v) is 7.87. The third-order valence-electron chi connectivity index (χ3n) is 5.24. The molecule has 0 unspecified atom stereocenters. The highest BCUT2D eigenvalue weighted by Gasteiger charge is 2.51. The number of aryl methyl sites for hydroxylation is 1. The van der Waals surface area contributed by atoms with Crippen LogP contribution in [0.4, 0.5) is 4.39 Å². The number of rotatable bonds is 6. The Hall–Kier alpha value is -3.27. The van der Waals surface area contributed by atoms with Crippen LogP contribution in [-0.2, 0) is 39.8 Å². The molecule has 1 fully saturated rings. The zero-order valence-electron chi connectivity index (χ0n) is 18.7. The van der Waals surface area contributed by atoms with Crippen molar-refractivity contribution in [1.82, 2.24) is 0 Å². The van der Waals surface area contributed by atoms with Crippen LogP contribution in [0.5, 0.6) is 0 Å². The molecule has 1 saturated heterocycles. The summed E-state index contributed by atoms with van der Waals surface area (Å²) in [5.74, 6) is -2.13. The monoisotopic (exact) mass is 464 g/mol. The molecule has 1 aromatic heterocycles. The van der Waals surface area contributed by atoms with E-state index in [0.717, 1.165) is 13.8 Å². The van der Waals surface area contributed by atoms with Crippen molar-refractivity contribution in [3.05, 3.63) is 45.8 Å². The Kier molecular flexibility index (Phi) is 7.47. The summed E-state index contributed by atoms with van der Waals surface area (Å²) in [5, 5.41) is 0.698. The number of alkyl halides is 1. The highest BCUT2D eigenvalue weighted by molar-refractivity contribution is 5.80. The van der Waals surface area contributed by atoms with Crippen LogP contribution < -0.4 is 5.63 Å². The number of carbonyl (C=O) groups excluding carboxylic acids is 3. The largest absolute Gasteiger partial charge is 0.456 e. The van der Waals surface area contributed by atoms with E-state index < -0.39 is 60.7 Å². The quantitative estimate of drug-likeness (QED) is 0.360. The number of ether oxygens (including phenoxy) is 4. The molecule has 10 heteroatoms. The number of carbonyl (C=O) groups is 3. The van der Waals surface area contributed by atoms with Crippen molar-refractivity contribution in [2.24, 2.45) is 0 Å². The first-order chi connectivity index (χ1) is 15.6. The van der Waals surface area contributed by atoms with Crippen molar-refractivity contribution >= 4 is 28.9 Å². The molecule has 5 atom stereocenters. The molecule has 0 radical (unpaired) electrons. The minimum atomic E-state index is -1.30. The van der Waals surface area contributed by atoms with E-state index in [1.165, 1.54) is 13.0 Å². The number of fused-ring (bicyclic) bond motifs is 1. The van der Waals surface area contributed by atoms with E-state index in [-0.39, 0.29) is 6.42 Å². The Balaban J connectivity index is 2.00. The highest BCUT2D eigenvalue weighted by Crippen LogP contribution is 2.31. The van der Waals surface area contributed by atoms with Gasteiger partial charge in [0.15, 0.2) is 18.3 Å². The Morgan fingerprint density at radius 1 is 0.909 bits per heavy atom. The Morgan fingerprint density at radius 2 is 1.48 bits per heavy atom. The molecule has 178 valence electrons. The summed E-state index contributed by atoms with van der Waals surface area (Å²) in [6.45, 7) is 4.18. The number of hydrogen-bond donors (Lipinski definition) is 0. The summed E-state index contributed by atoms with van der Waals surface area (Å²) in [7, 11) is 0. The van der Waals surface area contributed by atoms with Gasteiger partial charge in [0.2, 0.25) is 0 Å². The zero-order chi connectivity index (χ0) is 24.3. The molecule has 0 N–H and O–H groups in total. The van der Waals surface area contributed by atoms with Gasteiger partial charge in [-0.15, -0.1) is 0 Å². The minimum absolute atomic E-state index is 0.146. The van der Waals surface area contributed by atoms with Crippen LogP contribution >= 0.6 is 0 Å². The molecule has 0 bridgehead atoms. The standard InChI is InChI=1S/C23H25FO9/c1-11-7-20(28)33-17-6-5-15(8-16(11)17)9-18-21(29-12(2)25)23(31-14(4)27)22(30-13(3)26)19(10-24)32-18/h5-8,18-19,21-23H,9-10H2,1-4H3/t18-,19+,21-,22-,23+/m0/s1. The second kappa shape index (κ2) is 10.1. The van der Waals surface area contributed by atoms with Gasteiger partial charge in [0.25, 0.3) is 0 Å². The van der Waals surface area contributed by atoms with E-state index in [1.807, 2.05) is 0 Å². The average molecular weight is 464 g/mol. The van der Waals surface area contributed by atoms with Gasteiger partial charge in [0, 0.05) is 38.6 Å². The van der Waals surface area contributed by atoms with Crippen molar-refractivity contribution in [2.75, 3.05) is 6.67 Å². The molecule has 1 aliphatic rings. The van der Waals surface area contributed by atoms with Crippen molar-refractivity contribution in [1.29, 1.82) is 0 Å². The minimum Gasteiger partial charge on any atom is -0.456 e. The molecule has 2 heterocycles. The van der Waals surface area contributed by atoms with Gasteiger partial charge in [-0.25, -0.2) is 9.18 Å². The summed E-state index contributed by atoms with van der Waals surface area (Å²) in [6.07, 6.45) is -5.74. The maximum absolute atomic E-state index is 13.9. The van der Waals surface area contributed by atoms with Crippen LogP contribution in [0.1, 0.15) is 31.9 Å². The van der Waals surface area contributed by atoms with E-state index in [2.05, 4.69) is 0 Å². The second-order valence-electron chi connectivity index (χ2n) is 7.87. The van der Waals surface area contributed by atoms with E-state index in [9.17, 15) is 23.6 Å². The number of esters is 3. The first-order valence-electron chi connectivity index (χ1n) is 10.4. The van der Waals surface area contributed by atoms with Gasteiger partial charge in [-0.2, -0.15) is 0 Å². The van der Waals surface area contributed by atoms with E-state index in [1.54, 1.807) is 25.1 Å². The molecular weight excluding hydrogens is 439 g/mol. The maximum atomic E-state index is 13.9. The van der Waals surface area contributed by atoms with Crippen LogP contribution in [-0.4, -0.2) is 55.1 Å². The summed E-state index contributed by atoms with van der Waals surface area (Å²) >= 11 is 0. The molecule has 2 aromatic rings. The predicted octanol–water partition coefficient (Wildman–Crippen LogP) is 2.18. The smallest absolute Gasteiger partial charge is 0.336 e. The lowest BCUT2D eigenvalue weighted by molar-refractivity contribution is -0.248. The lowest BCUT2D eigenvalue weighted by Gasteiger charge is -2.44. The SMILES string of the molecule is CC(=O)O[C@@H]1[C@@H](OC(C)=O)[C@H](Cc2ccc3oc(=O)cc(C)c3c2)O[C@H](CF)[C@@H]1OC(C)=O. The van der Waals surface area contributed by atoms with Crippen LogP contribution in [0.25, 0.3) is 11.0 Å². The van der Waals surface area contributed by atoms with Crippen molar-refractivity contribution in [3.8, 4) is 0 Å². The molecule has 1 aliphatic heterocycles. The Morgan fingerprint density at radius 3 is 2.06 bits per heavy atom. The van der Waals surface area contributed by atoms with Gasteiger partial charge in [-0.05, 0) is 30.2 Å². The van der Waals surface area contributed by atoms with Crippen LogP contribution in [0.3, 0.4) is 0 Å². The summed E-state index contributed by atoms with van der Waals surface area (Å²) < 4.78 is 40.9. The first-order valence-corrected chi connectivity index (χ1v) is 10.4. The lowest BCUT2D eigenvalue weighted by Crippen LogP contribution is -2.62. The first kappa shape index (κ1) is 24.4. The molecule has 1 aromatic carbocycles.